The number of fused-ring (bicyclic) bond motifs is 1. The Morgan fingerprint density at radius 2 is 1.65 bits per heavy atom. The lowest BCUT2D eigenvalue weighted by Gasteiger charge is -2.09. The minimum absolute atomic E-state index is 0.0353. The molecule has 0 heterocycles. The second-order valence-corrected chi connectivity index (χ2v) is 5.90. The van der Waals surface area contributed by atoms with Crippen LogP contribution < -0.4 is 10.6 Å². The molecule has 0 fully saturated rings. The van der Waals surface area contributed by atoms with Crippen LogP contribution in [0.15, 0.2) is 66.7 Å². The summed E-state index contributed by atoms with van der Waals surface area (Å²) in [5.74, 6) is -0.0353. The highest BCUT2D eigenvalue weighted by molar-refractivity contribution is 5.90. The topological polar surface area (TPSA) is 84.3 Å². The van der Waals surface area contributed by atoms with E-state index in [2.05, 4.69) is 10.6 Å². The van der Waals surface area contributed by atoms with Gasteiger partial charge in [0.2, 0.25) is 5.91 Å². The molecule has 0 saturated carbocycles. The number of hydrogen-bond acceptors (Lipinski definition) is 4. The summed E-state index contributed by atoms with van der Waals surface area (Å²) in [6.45, 7) is 1.01. The predicted octanol–water partition coefficient (Wildman–Crippen LogP) is 3.52. The van der Waals surface area contributed by atoms with Gasteiger partial charge in [0.15, 0.2) is 0 Å². The molecule has 0 aliphatic heterocycles. The summed E-state index contributed by atoms with van der Waals surface area (Å²) in [5, 5.41) is 18.8. The Morgan fingerprint density at radius 3 is 2.42 bits per heavy atom. The van der Waals surface area contributed by atoms with Crippen molar-refractivity contribution in [3.63, 3.8) is 0 Å². The standard InChI is InChI=1S/C20H19N3O3/c24-20(14-16-6-3-5-15-4-1-2-7-19(15)16)22-13-12-21-17-8-10-18(11-9-17)23(25)26/h1-11,21H,12-14H2,(H,22,24). The summed E-state index contributed by atoms with van der Waals surface area (Å²) in [5.41, 5.74) is 1.83. The van der Waals surface area contributed by atoms with Crippen molar-refractivity contribution in [2.45, 2.75) is 6.42 Å². The van der Waals surface area contributed by atoms with Gasteiger partial charge in [-0.1, -0.05) is 42.5 Å². The third-order valence-corrected chi connectivity index (χ3v) is 4.09. The summed E-state index contributed by atoms with van der Waals surface area (Å²) in [6.07, 6.45) is 0.332. The number of hydrogen-bond donors (Lipinski definition) is 2. The number of amides is 1. The fourth-order valence-corrected chi connectivity index (χ4v) is 2.79. The van der Waals surface area contributed by atoms with Crippen molar-refractivity contribution >= 4 is 28.1 Å². The number of non-ortho nitro benzene ring substituents is 1. The minimum atomic E-state index is -0.433. The summed E-state index contributed by atoms with van der Waals surface area (Å²) in [4.78, 5) is 22.4. The third-order valence-electron chi connectivity index (χ3n) is 4.09. The van der Waals surface area contributed by atoms with Crippen LogP contribution in [-0.2, 0) is 11.2 Å². The van der Waals surface area contributed by atoms with E-state index in [9.17, 15) is 14.9 Å². The highest BCUT2D eigenvalue weighted by Crippen LogP contribution is 2.19. The molecule has 132 valence electrons. The van der Waals surface area contributed by atoms with Gasteiger partial charge in [0.05, 0.1) is 11.3 Å². The van der Waals surface area contributed by atoms with Gasteiger partial charge in [0.1, 0.15) is 0 Å². The van der Waals surface area contributed by atoms with Crippen LogP contribution in [0.1, 0.15) is 5.56 Å². The molecule has 6 nitrogen and oxygen atoms in total. The molecule has 6 heteroatoms. The van der Waals surface area contributed by atoms with Gasteiger partial charge in [-0.25, -0.2) is 0 Å². The van der Waals surface area contributed by atoms with Crippen LogP contribution in [0.4, 0.5) is 11.4 Å². The number of nitrogens with one attached hydrogen (secondary N) is 2. The summed E-state index contributed by atoms with van der Waals surface area (Å²) in [6, 6.07) is 20.2. The number of anilines is 1. The average Bonchev–Trinajstić information content (AvgIpc) is 2.66. The summed E-state index contributed by atoms with van der Waals surface area (Å²) < 4.78 is 0. The smallest absolute Gasteiger partial charge is 0.269 e. The molecule has 26 heavy (non-hydrogen) atoms. The first-order valence-electron chi connectivity index (χ1n) is 8.35. The van der Waals surface area contributed by atoms with E-state index >= 15 is 0 Å². The lowest BCUT2D eigenvalue weighted by atomic mass is 10.0. The zero-order chi connectivity index (χ0) is 18.4. The highest BCUT2D eigenvalue weighted by Gasteiger charge is 2.07. The van der Waals surface area contributed by atoms with Gasteiger partial charge >= 0.3 is 0 Å². The number of benzene rings is 3. The predicted molar refractivity (Wildman–Crippen MR) is 102 cm³/mol. The van der Waals surface area contributed by atoms with E-state index in [-0.39, 0.29) is 11.6 Å². The first-order valence-corrected chi connectivity index (χ1v) is 8.35. The van der Waals surface area contributed by atoms with E-state index < -0.39 is 4.92 Å². The maximum atomic E-state index is 12.2. The number of nitro benzene ring substituents is 1. The molecule has 0 spiro atoms. The van der Waals surface area contributed by atoms with Crippen molar-refractivity contribution in [1.29, 1.82) is 0 Å². The molecule has 3 aromatic carbocycles. The fourth-order valence-electron chi connectivity index (χ4n) is 2.79. The molecular weight excluding hydrogens is 330 g/mol. The van der Waals surface area contributed by atoms with Crippen molar-refractivity contribution in [2.75, 3.05) is 18.4 Å². The van der Waals surface area contributed by atoms with Crippen LogP contribution in [0, 0.1) is 10.1 Å². The number of nitro groups is 1. The number of rotatable bonds is 7. The second kappa shape index (κ2) is 8.11. The first-order chi connectivity index (χ1) is 12.6. The number of nitrogens with zero attached hydrogens (tertiary/aromatic N) is 1. The molecule has 0 bridgehead atoms. The minimum Gasteiger partial charge on any atom is -0.383 e. The average molecular weight is 349 g/mol. The zero-order valence-corrected chi connectivity index (χ0v) is 14.1. The number of carbonyl (C=O) groups excluding carboxylic acids is 1. The van der Waals surface area contributed by atoms with Crippen LogP contribution in [0.5, 0.6) is 0 Å². The van der Waals surface area contributed by atoms with E-state index in [1.54, 1.807) is 12.1 Å². The zero-order valence-electron chi connectivity index (χ0n) is 14.1. The molecule has 0 radical (unpaired) electrons. The Morgan fingerprint density at radius 1 is 0.923 bits per heavy atom. The van der Waals surface area contributed by atoms with Gasteiger partial charge in [-0.3, -0.25) is 14.9 Å². The van der Waals surface area contributed by atoms with E-state index in [0.717, 1.165) is 22.0 Å². The Balaban J connectivity index is 1.47. The van der Waals surface area contributed by atoms with Crippen molar-refractivity contribution in [3.8, 4) is 0 Å². The molecule has 3 aromatic rings. The lowest BCUT2D eigenvalue weighted by Crippen LogP contribution is -2.30. The summed E-state index contributed by atoms with van der Waals surface area (Å²) >= 11 is 0. The third kappa shape index (κ3) is 4.36. The lowest BCUT2D eigenvalue weighted by molar-refractivity contribution is -0.384. The molecule has 2 N–H and O–H groups in total. The quantitative estimate of drug-likeness (QED) is 0.388. The van der Waals surface area contributed by atoms with Crippen molar-refractivity contribution in [2.24, 2.45) is 0 Å². The van der Waals surface area contributed by atoms with Gasteiger partial charge in [0.25, 0.3) is 5.69 Å². The van der Waals surface area contributed by atoms with Gasteiger partial charge in [0, 0.05) is 30.9 Å². The van der Waals surface area contributed by atoms with Gasteiger partial charge in [-0.15, -0.1) is 0 Å². The monoisotopic (exact) mass is 349 g/mol. The van der Waals surface area contributed by atoms with Crippen LogP contribution in [0.2, 0.25) is 0 Å². The molecule has 0 atom stereocenters. The Hall–Kier alpha value is -3.41. The van der Waals surface area contributed by atoms with Crippen LogP contribution in [0.25, 0.3) is 10.8 Å². The van der Waals surface area contributed by atoms with E-state index in [0.29, 0.717) is 19.5 Å². The molecule has 1 amide bonds. The maximum absolute atomic E-state index is 12.2. The normalized spacial score (nSPS) is 10.5. The van der Waals surface area contributed by atoms with E-state index in [1.807, 2.05) is 42.5 Å². The molecular formula is C20H19N3O3. The van der Waals surface area contributed by atoms with Gasteiger partial charge in [-0.2, -0.15) is 0 Å². The van der Waals surface area contributed by atoms with Crippen LogP contribution in [0.3, 0.4) is 0 Å². The first kappa shape index (κ1) is 17.4. The molecule has 3 rings (SSSR count). The Kier molecular flexibility index (Phi) is 5.43. The molecule has 0 aliphatic rings. The Bertz CT molecular complexity index is 918. The molecule has 0 saturated heterocycles. The maximum Gasteiger partial charge on any atom is 0.269 e. The molecule has 0 aliphatic carbocycles. The van der Waals surface area contributed by atoms with Crippen LogP contribution >= 0.6 is 0 Å². The SMILES string of the molecule is O=C(Cc1cccc2ccccc12)NCCNc1ccc([N+](=O)[O-])cc1. The number of carbonyl (C=O) groups is 1. The summed E-state index contributed by atoms with van der Waals surface area (Å²) in [7, 11) is 0. The Labute approximate surface area is 151 Å². The fraction of sp³-hybridized carbons (Fsp3) is 0.150. The van der Waals surface area contributed by atoms with E-state index in [4.69, 9.17) is 0 Å². The highest BCUT2D eigenvalue weighted by atomic mass is 16.6. The van der Waals surface area contributed by atoms with Crippen molar-refractivity contribution < 1.29 is 9.72 Å². The van der Waals surface area contributed by atoms with Crippen molar-refractivity contribution in [3.05, 3.63) is 82.4 Å². The van der Waals surface area contributed by atoms with Gasteiger partial charge in [-0.05, 0) is 28.5 Å². The van der Waals surface area contributed by atoms with Crippen LogP contribution in [-0.4, -0.2) is 23.9 Å². The molecule has 0 unspecified atom stereocenters. The van der Waals surface area contributed by atoms with Crippen molar-refractivity contribution in [1.82, 2.24) is 5.32 Å². The second-order valence-electron chi connectivity index (χ2n) is 5.90. The molecule has 0 aromatic heterocycles. The van der Waals surface area contributed by atoms with Gasteiger partial charge < -0.3 is 10.6 Å². The largest absolute Gasteiger partial charge is 0.383 e. The van der Waals surface area contributed by atoms with E-state index in [1.165, 1.54) is 12.1 Å².